The van der Waals surface area contributed by atoms with Crippen LogP contribution in [0.2, 0.25) is 0 Å². The van der Waals surface area contributed by atoms with E-state index in [2.05, 4.69) is 15.6 Å². The molecule has 2 amide bonds. The molecule has 26 heavy (non-hydrogen) atoms. The second-order valence-corrected chi connectivity index (χ2v) is 5.59. The average molecular weight is 383 g/mol. The van der Waals surface area contributed by atoms with Gasteiger partial charge in [-0.05, 0) is 12.1 Å². The molecule has 0 unspecified atom stereocenters. The topological polar surface area (TPSA) is 160 Å². The summed E-state index contributed by atoms with van der Waals surface area (Å²) in [6, 6.07) is 3.18. The van der Waals surface area contributed by atoms with Crippen molar-refractivity contribution in [2.24, 2.45) is 25.6 Å². The first kappa shape index (κ1) is 20.9. The van der Waals surface area contributed by atoms with E-state index < -0.39 is 0 Å². The molecular weight excluding hydrogens is 360 g/mol. The summed E-state index contributed by atoms with van der Waals surface area (Å²) in [6.45, 7) is 0.767. The zero-order valence-electron chi connectivity index (χ0n) is 14.5. The third-order valence-corrected chi connectivity index (χ3v) is 3.49. The lowest BCUT2D eigenvalue weighted by Gasteiger charge is -2.03. The van der Waals surface area contributed by atoms with Gasteiger partial charge in [0, 0.05) is 33.0 Å². The van der Waals surface area contributed by atoms with Gasteiger partial charge in [0.05, 0.1) is 17.9 Å². The molecular formula is C15H23ClN8O2. The third kappa shape index (κ3) is 5.18. The van der Waals surface area contributed by atoms with Crippen molar-refractivity contribution >= 4 is 29.1 Å². The average Bonchev–Trinajstić information content (AvgIpc) is 3.05. The van der Waals surface area contributed by atoms with Crippen LogP contribution in [-0.4, -0.2) is 40.0 Å². The van der Waals surface area contributed by atoms with Gasteiger partial charge in [0.1, 0.15) is 11.4 Å². The van der Waals surface area contributed by atoms with Crippen LogP contribution in [0.5, 0.6) is 0 Å². The van der Waals surface area contributed by atoms with E-state index in [1.54, 1.807) is 47.8 Å². The molecule has 0 saturated carbocycles. The highest BCUT2D eigenvalue weighted by Crippen LogP contribution is 2.15. The molecule has 142 valence electrons. The van der Waals surface area contributed by atoms with E-state index in [0.717, 1.165) is 0 Å². The van der Waals surface area contributed by atoms with E-state index in [0.29, 0.717) is 35.9 Å². The Morgan fingerprint density at radius 2 is 1.69 bits per heavy atom. The van der Waals surface area contributed by atoms with Crippen LogP contribution >= 0.6 is 0 Å². The van der Waals surface area contributed by atoms with Crippen molar-refractivity contribution in [3.05, 3.63) is 35.9 Å². The van der Waals surface area contributed by atoms with Crippen molar-refractivity contribution < 1.29 is 27.0 Å². The Labute approximate surface area is 156 Å². The van der Waals surface area contributed by atoms with Gasteiger partial charge in [-0.3, -0.25) is 26.0 Å². The number of hydrogen-bond donors (Lipinski definition) is 6. The quantitative estimate of drug-likeness (QED) is 0.166. The zero-order valence-corrected chi connectivity index (χ0v) is 15.3. The number of rotatable bonds is 6. The molecule has 0 aromatic carbocycles. The predicted octanol–water partition coefficient (Wildman–Crippen LogP) is -5.71. The lowest BCUT2D eigenvalue weighted by atomic mass is 10.3. The van der Waals surface area contributed by atoms with E-state index in [4.69, 9.17) is 17.2 Å². The summed E-state index contributed by atoms with van der Waals surface area (Å²) in [5.41, 5.74) is 18.1. The molecule has 0 aliphatic heterocycles. The normalized spacial score (nSPS) is 9.92. The lowest BCUT2D eigenvalue weighted by Crippen LogP contribution is -3.00. The molecule has 0 bridgehead atoms. The molecule has 0 spiro atoms. The van der Waals surface area contributed by atoms with E-state index in [1.807, 2.05) is 0 Å². The van der Waals surface area contributed by atoms with E-state index in [9.17, 15) is 9.59 Å². The minimum absolute atomic E-state index is 0. The van der Waals surface area contributed by atoms with Crippen LogP contribution in [0.3, 0.4) is 0 Å². The Balaban J connectivity index is 0.00000338. The smallest absolute Gasteiger partial charge is 0.338 e. The summed E-state index contributed by atoms with van der Waals surface area (Å²) in [5, 5.41) is 5.47. The highest BCUT2D eigenvalue weighted by atomic mass is 35.5. The highest BCUT2D eigenvalue weighted by molar-refractivity contribution is 6.04. The number of halogens is 1. The maximum Gasteiger partial charge on any atom is 0.338 e. The number of nitrogens with zero attached hydrogens (tertiary/aromatic N) is 2. The number of guanidine groups is 1. The standard InChI is InChI=1S/C15H22N8O2.ClH/c1-22-7-9(16)5-11(22)14(25)21-10-6-12(23(2)8-10)13(24)19-3-4-20-15(17)18;/h5-8H,3-4,16H2,1-2H3,(H,19,24)(H,21,25)(H4,17,18,20);1H. The Hall–Kier alpha value is -3.14. The Morgan fingerprint density at radius 1 is 1.08 bits per heavy atom. The number of nitrogen functional groups attached to an aromatic ring is 1. The van der Waals surface area contributed by atoms with Crippen molar-refractivity contribution in [1.29, 1.82) is 0 Å². The molecule has 0 aliphatic rings. The summed E-state index contributed by atoms with van der Waals surface area (Å²) in [6.07, 6.45) is 3.31. The first-order valence-corrected chi connectivity index (χ1v) is 7.57. The fourth-order valence-corrected chi connectivity index (χ4v) is 2.34. The van der Waals surface area contributed by atoms with Gasteiger partial charge in [0.2, 0.25) is 0 Å². The highest BCUT2D eigenvalue weighted by Gasteiger charge is 2.15. The van der Waals surface area contributed by atoms with Crippen LogP contribution < -0.4 is 45.2 Å². The van der Waals surface area contributed by atoms with Gasteiger partial charge < -0.3 is 37.9 Å². The van der Waals surface area contributed by atoms with Gasteiger partial charge in [-0.1, -0.05) is 0 Å². The molecule has 0 saturated heterocycles. The summed E-state index contributed by atoms with van der Waals surface area (Å²) in [5.74, 6) is -0.488. The number of anilines is 2. The molecule has 2 rings (SSSR count). The first-order valence-electron chi connectivity index (χ1n) is 7.57. The third-order valence-electron chi connectivity index (χ3n) is 3.49. The van der Waals surface area contributed by atoms with Crippen molar-refractivity contribution in [2.45, 2.75) is 0 Å². The molecule has 2 heterocycles. The first-order chi connectivity index (χ1) is 11.8. The molecule has 0 aliphatic carbocycles. The number of nitrogens with one attached hydrogen (secondary N) is 3. The van der Waals surface area contributed by atoms with Crippen molar-refractivity contribution in [3.8, 4) is 0 Å². The molecule has 2 aromatic heterocycles. The Kier molecular flexibility index (Phi) is 7.08. The summed E-state index contributed by atoms with van der Waals surface area (Å²) < 4.78 is 3.26. The van der Waals surface area contributed by atoms with Crippen LogP contribution in [0, 0.1) is 0 Å². The van der Waals surface area contributed by atoms with Crippen LogP contribution in [0.1, 0.15) is 21.0 Å². The van der Waals surface area contributed by atoms with Gasteiger partial charge in [0.15, 0.2) is 0 Å². The van der Waals surface area contributed by atoms with Crippen molar-refractivity contribution in [3.63, 3.8) is 0 Å². The molecule has 10 nitrogen and oxygen atoms in total. The lowest BCUT2D eigenvalue weighted by molar-refractivity contribution is -0.456. The van der Waals surface area contributed by atoms with Crippen molar-refractivity contribution in [2.75, 3.05) is 24.1 Å². The molecule has 0 atom stereocenters. The van der Waals surface area contributed by atoms with E-state index in [1.165, 1.54) is 0 Å². The fourth-order valence-electron chi connectivity index (χ4n) is 2.34. The maximum absolute atomic E-state index is 12.3. The van der Waals surface area contributed by atoms with Crippen LogP contribution in [0.25, 0.3) is 0 Å². The number of aromatic nitrogens is 2. The number of hydrogen-bond acceptors (Lipinski definition) is 3. The van der Waals surface area contributed by atoms with Crippen LogP contribution in [-0.2, 0) is 14.1 Å². The number of carbonyl (C=O) groups is 2. The van der Waals surface area contributed by atoms with Gasteiger partial charge in [-0.15, -0.1) is 0 Å². The van der Waals surface area contributed by atoms with Gasteiger partial charge in [-0.25, -0.2) is 0 Å². The van der Waals surface area contributed by atoms with Gasteiger partial charge in [-0.2, -0.15) is 0 Å². The summed E-state index contributed by atoms with van der Waals surface area (Å²) in [7, 11) is 3.45. The number of amides is 2. The SMILES string of the molecule is Cn1cc(NC(=O)c2cc(N)cn2C)cc1C(=O)NCC[NH+]=C(N)N.[Cl-]. The van der Waals surface area contributed by atoms with E-state index >= 15 is 0 Å². The summed E-state index contributed by atoms with van der Waals surface area (Å²) in [4.78, 5) is 27.2. The minimum Gasteiger partial charge on any atom is -1.00 e. The zero-order chi connectivity index (χ0) is 18.6. The molecule has 0 fully saturated rings. The molecule has 0 radical (unpaired) electrons. The molecule has 11 heteroatoms. The summed E-state index contributed by atoms with van der Waals surface area (Å²) >= 11 is 0. The molecule has 2 aromatic rings. The van der Waals surface area contributed by atoms with Gasteiger partial charge >= 0.3 is 5.96 Å². The Morgan fingerprint density at radius 3 is 2.27 bits per heavy atom. The fraction of sp³-hybridized carbons (Fsp3) is 0.267. The predicted molar refractivity (Wildman–Crippen MR) is 94.7 cm³/mol. The van der Waals surface area contributed by atoms with Gasteiger partial charge in [0.25, 0.3) is 11.8 Å². The number of carbonyl (C=O) groups excluding carboxylic acids is 2. The second-order valence-electron chi connectivity index (χ2n) is 5.59. The Bertz CT molecular complexity index is 820. The van der Waals surface area contributed by atoms with Crippen molar-refractivity contribution in [1.82, 2.24) is 14.5 Å². The maximum atomic E-state index is 12.3. The van der Waals surface area contributed by atoms with Crippen LogP contribution in [0.4, 0.5) is 11.4 Å². The molecule has 9 N–H and O–H groups in total. The minimum atomic E-state index is -0.310. The second kappa shape index (κ2) is 8.81. The monoisotopic (exact) mass is 382 g/mol. The number of nitrogens with two attached hydrogens (primary N) is 3. The van der Waals surface area contributed by atoms with E-state index in [-0.39, 0.29) is 30.2 Å². The van der Waals surface area contributed by atoms with Crippen LogP contribution in [0.15, 0.2) is 24.5 Å². The largest absolute Gasteiger partial charge is 1.00 e. The number of aryl methyl sites for hydroxylation is 2.